The molecule has 1 atom stereocenters. The summed E-state index contributed by atoms with van der Waals surface area (Å²) in [6.45, 7) is 1.36. The quantitative estimate of drug-likeness (QED) is 0.309. The SMILES string of the molecule is COc1cc(NC(=O)C(=O)N[C@@](C)(Cc2c[nH]c3ccccc23)C(=O)O)ccc1-c1cnco1. The zero-order valence-corrected chi connectivity index (χ0v) is 18.4. The number of para-hydroxylation sites is 1. The lowest BCUT2D eigenvalue weighted by atomic mass is 9.92. The Balaban J connectivity index is 1.49. The molecular weight excluding hydrogens is 440 g/mol. The molecule has 0 spiro atoms. The van der Waals surface area contributed by atoms with E-state index in [1.165, 1.54) is 32.7 Å². The molecule has 0 fully saturated rings. The van der Waals surface area contributed by atoms with Crippen LogP contribution in [0, 0.1) is 0 Å². The van der Waals surface area contributed by atoms with Crippen LogP contribution in [0.25, 0.3) is 22.2 Å². The molecule has 0 saturated heterocycles. The van der Waals surface area contributed by atoms with Gasteiger partial charge in [-0.15, -0.1) is 0 Å². The highest BCUT2D eigenvalue weighted by atomic mass is 16.5. The van der Waals surface area contributed by atoms with E-state index in [1.54, 1.807) is 18.3 Å². The van der Waals surface area contributed by atoms with Crippen molar-refractivity contribution >= 4 is 34.4 Å². The Morgan fingerprint density at radius 3 is 2.68 bits per heavy atom. The van der Waals surface area contributed by atoms with Gasteiger partial charge in [0, 0.05) is 35.3 Å². The first-order valence-electron chi connectivity index (χ1n) is 10.3. The van der Waals surface area contributed by atoms with Gasteiger partial charge in [0.15, 0.2) is 12.2 Å². The summed E-state index contributed by atoms with van der Waals surface area (Å²) in [6.07, 6.45) is 4.47. The highest BCUT2D eigenvalue weighted by Gasteiger charge is 2.37. The first-order chi connectivity index (χ1) is 16.3. The van der Waals surface area contributed by atoms with E-state index in [0.717, 1.165) is 10.9 Å². The van der Waals surface area contributed by atoms with Crippen molar-refractivity contribution < 1.29 is 28.6 Å². The third-order valence-electron chi connectivity index (χ3n) is 5.44. The molecule has 2 aromatic heterocycles. The van der Waals surface area contributed by atoms with Crippen molar-refractivity contribution in [1.82, 2.24) is 15.3 Å². The highest BCUT2D eigenvalue weighted by molar-refractivity contribution is 6.40. The molecule has 0 radical (unpaired) electrons. The monoisotopic (exact) mass is 462 g/mol. The van der Waals surface area contributed by atoms with Crippen LogP contribution in [0.4, 0.5) is 5.69 Å². The molecule has 4 rings (SSSR count). The molecule has 2 heterocycles. The lowest BCUT2D eigenvalue weighted by Gasteiger charge is -2.25. The molecule has 0 saturated carbocycles. The molecule has 0 aliphatic heterocycles. The van der Waals surface area contributed by atoms with Gasteiger partial charge in [-0.3, -0.25) is 9.59 Å². The fraction of sp³-hybridized carbons (Fsp3) is 0.167. The molecule has 4 aromatic rings. The van der Waals surface area contributed by atoms with E-state index in [9.17, 15) is 19.5 Å². The van der Waals surface area contributed by atoms with Crippen molar-refractivity contribution in [1.29, 1.82) is 0 Å². The van der Waals surface area contributed by atoms with Gasteiger partial charge in [0.05, 0.1) is 18.9 Å². The first-order valence-corrected chi connectivity index (χ1v) is 10.3. The fourth-order valence-corrected chi connectivity index (χ4v) is 3.65. The van der Waals surface area contributed by atoms with Crippen LogP contribution in [-0.2, 0) is 20.8 Å². The molecule has 0 aliphatic carbocycles. The maximum atomic E-state index is 12.6. The van der Waals surface area contributed by atoms with E-state index < -0.39 is 23.3 Å². The smallest absolute Gasteiger partial charge is 0.329 e. The topological polar surface area (TPSA) is 147 Å². The third kappa shape index (κ3) is 4.46. The molecular formula is C24H22N4O6. The number of ether oxygens (including phenoxy) is 1. The summed E-state index contributed by atoms with van der Waals surface area (Å²) in [4.78, 5) is 44.2. The zero-order chi connectivity index (χ0) is 24.3. The van der Waals surface area contributed by atoms with Crippen molar-refractivity contribution in [3.05, 3.63) is 66.8 Å². The number of hydrogen-bond acceptors (Lipinski definition) is 6. The molecule has 0 unspecified atom stereocenters. The third-order valence-corrected chi connectivity index (χ3v) is 5.44. The maximum absolute atomic E-state index is 12.6. The summed E-state index contributed by atoms with van der Waals surface area (Å²) >= 11 is 0. The Kier molecular flexibility index (Phi) is 6.05. The highest BCUT2D eigenvalue weighted by Crippen LogP contribution is 2.32. The molecule has 2 aromatic carbocycles. The van der Waals surface area contributed by atoms with E-state index in [0.29, 0.717) is 22.6 Å². The van der Waals surface area contributed by atoms with E-state index in [-0.39, 0.29) is 12.1 Å². The number of aliphatic carboxylic acids is 1. The Hall–Kier alpha value is -4.60. The maximum Gasteiger partial charge on any atom is 0.329 e. The van der Waals surface area contributed by atoms with Crippen LogP contribution in [0.1, 0.15) is 12.5 Å². The second-order valence-corrected chi connectivity index (χ2v) is 7.86. The number of hydrogen-bond donors (Lipinski definition) is 4. The second kappa shape index (κ2) is 9.10. The number of carboxylic acids is 1. The van der Waals surface area contributed by atoms with Crippen molar-refractivity contribution in [3.8, 4) is 17.1 Å². The number of oxazole rings is 1. The number of aromatic nitrogens is 2. The Bertz CT molecular complexity index is 1360. The minimum Gasteiger partial charge on any atom is -0.496 e. The van der Waals surface area contributed by atoms with Gasteiger partial charge < -0.3 is 29.9 Å². The minimum absolute atomic E-state index is 0.0227. The Labute approximate surface area is 193 Å². The number of amides is 2. The number of aromatic amines is 1. The lowest BCUT2D eigenvalue weighted by Crippen LogP contribution is -2.56. The molecule has 10 nitrogen and oxygen atoms in total. The van der Waals surface area contributed by atoms with Gasteiger partial charge in [-0.2, -0.15) is 0 Å². The molecule has 34 heavy (non-hydrogen) atoms. The van der Waals surface area contributed by atoms with Gasteiger partial charge in [-0.25, -0.2) is 9.78 Å². The molecule has 2 amide bonds. The van der Waals surface area contributed by atoms with Crippen LogP contribution < -0.4 is 15.4 Å². The number of carboxylic acid groups (broad SMARTS) is 1. The standard InChI is InChI=1S/C24H22N4O6/c1-24(23(31)32,10-14-11-26-18-6-4-3-5-16(14)18)28-22(30)21(29)27-15-7-8-17(19(9-15)33-2)20-12-25-13-34-20/h3-9,11-13,26H,10H2,1-2H3,(H,27,29)(H,28,30)(H,31,32)/t24-/m0/s1. The molecule has 0 aliphatic rings. The predicted molar refractivity (Wildman–Crippen MR) is 123 cm³/mol. The minimum atomic E-state index is -1.72. The molecule has 4 N–H and O–H groups in total. The van der Waals surface area contributed by atoms with Crippen LogP contribution in [0.2, 0.25) is 0 Å². The normalized spacial score (nSPS) is 12.6. The Morgan fingerprint density at radius 2 is 1.97 bits per heavy atom. The number of benzene rings is 2. The largest absolute Gasteiger partial charge is 0.496 e. The summed E-state index contributed by atoms with van der Waals surface area (Å²) in [7, 11) is 1.45. The number of nitrogens with one attached hydrogen (secondary N) is 3. The van der Waals surface area contributed by atoms with Crippen LogP contribution in [0.15, 0.2) is 65.7 Å². The number of anilines is 1. The lowest BCUT2D eigenvalue weighted by molar-refractivity contribution is -0.148. The predicted octanol–water partition coefficient (Wildman–Crippen LogP) is 2.97. The number of rotatable bonds is 7. The van der Waals surface area contributed by atoms with Crippen LogP contribution in [0.3, 0.4) is 0 Å². The average molecular weight is 462 g/mol. The second-order valence-electron chi connectivity index (χ2n) is 7.86. The average Bonchev–Trinajstić information content (AvgIpc) is 3.49. The van der Waals surface area contributed by atoms with E-state index in [2.05, 4.69) is 20.6 Å². The number of carbonyl (C=O) groups excluding carboxylic acids is 2. The summed E-state index contributed by atoms with van der Waals surface area (Å²) in [5, 5.41) is 15.5. The van der Waals surface area contributed by atoms with Gasteiger partial charge in [0.1, 0.15) is 11.3 Å². The van der Waals surface area contributed by atoms with E-state index in [1.807, 2.05) is 24.3 Å². The summed E-state index contributed by atoms with van der Waals surface area (Å²) < 4.78 is 10.6. The van der Waals surface area contributed by atoms with Gasteiger partial charge in [0.25, 0.3) is 0 Å². The number of H-pyrrole nitrogens is 1. The van der Waals surface area contributed by atoms with Gasteiger partial charge in [-0.1, -0.05) is 18.2 Å². The molecule has 0 bridgehead atoms. The molecule has 10 heteroatoms. The van der Waals surface area contributed by atoms with Crippen molar-refractivity contribution in [2.24, 2.45) is 0 Å². The van der Waals surface area contributed by atoms with Crippen molar-refractivity contribution in [2.75, 3.05) is 12.4 Å². The first kappa shape index (κ1) is 22.6. The van der Waals surface area contributed by atoms with Crippen LogP contribution in [-0.4, -0.2) is 45.5 Å². The van der Waals surface area contributed by atoms with Gasteiger partial charge in [0.2, 0.25) is 0 Å². The summed E-state index contributed by atoms with van der Waals surface area (Å²) in [6, 6.07) is 12.1. The zero-order valence-electron chi connectivity index (χ0n) is 18.4. The summed E-state index contributed by atoms with van der Waals surface area (Å²) in [5.74, 6) is -2.49. The van der Waals surface area contributed by atoms with Crippen LogP contribution >= 0.6 is 0 Å². The number of nitrogens with zero attached hydrogens (tertiary/aromatic N) is 1. The number of fused-ring (bicyclic) bond motifs is 1. The van der Waals surface area contributed by atoms with Gasteiger partial charge >= 0.3 is 17.8 Å². The fourth-order valence-electron chi connectivity index (χ4n) is 3.65. The van der Waals surface area contributed by atoms with Crippen molar-refractivity contribution in [2.45, 2.75) is 18.9 Å². The number of methoxy groups -OCH3 is 1. The van der Waals surface area contributed by atoms with Crippen LogP contribution in [0.5, 0.6) is 5.75 Å². The van der Waals surface area contributed by atoms with E-state index >= 15 is 0 Å². The number of carbonyl (C=O) groups is 3. The van der Waals surface area contributed by atoms with Gasteiger partial charge in [-0.05, 0) is 30.7 Å². The van der Waals surface area contributed by atoms with Crippen molar-refractivity contribution in [3.63, 3.8) is 0 Å². The molecule has 174 valence electrons. The van der Waals surface area contributed by atoms with E-state index in [4.69, 9.17) is 9.15 Å². The Morgan fingerprint density at radius 1 is 1.18 bits per heavy atom. The summed E-state index contributed by atoms with van der Waals surface area (Å²) in [5.41, 5.74) is 0.729.